The minimum absolute atomic E-state index is 0.355. The normalized spacial score (nSPS) is 11.8. The quantitative estimate of drug-likeness (QED) is 0.459. The summed E-state index contributed by atoms with van der Waals surface area (Å²) in [7, 11) is -4.48. The van der Waals surface area contributed by atoms with Gasteiger partial charge in [-0.15, -0.1) is 0 Å². The molecule has 0 aliphatic carbocycles. The van der Waals surface area contributed by atoms with Crippen molar-refractivity contribution in [3.63, 3.8) is 0 Å². The number of nitro groups is 1. The summed E-state index contributed by atoms with van der Waals surface area (Å²) in [6.45, 7) is 0. The summed E-state index contributed by atoms with van der Waals surface area (Å²) < 4.78 is 65.6. The maximum Gasteiger partial charge on any atom is 0.416 e. The first kappa shape index (κ1) is 20.3. The lowest BCUT2D eigenvalue weighted by Gasteiger charge is -2.12. The molecule has 0 heterocycles. The van der Waals surface area contributed by atoms with Gasteiger partial charge >= 0.3 is 6.18 Å². The molecule has 3 aromatic rings. The highest BCUT2D eigenvalue weighted by Gasteiger charge is 2.32. The van der Waals surface area contributed by atoms with Gasteiger partial charge < -0.3 is 0 Å². The Morgan fingerprint density at radius 2 is 1.55 bits per heavy atom. The van der Waals surface area contributed by atoms with E-state index in [-0.39, 0.29) is 5.69 Å². The predicted molar refractivity (Wildman–Crippen MR) is 101 cm³/mol. The smallest absolute Gasteiger partial charge is 0.273 e. The molecule has 10 heteroatoms. The Morgan fingerprint density at radius 3 is 2.17 bits per heavy atom. The molecule has 0 fully saturated rings. The highest BCUT2D eigenvalue weighted by molar-refractivity contribution is 7.92. The average molecular weight is 422 g/mol. The average Bonchev–Trinajstić information content (AvgIpc) is 2.68. The van der Waals surface area contributed by atoms with Gasteiger partial charge in [0.05, 0.1) is 15.4 Å². The number of halogens is 3. The molecule has 0 bridgehead atoms. The lowest BCUT2D eigenvalue weighted by molar-refractivity contribution is -0.383. The van der Waals surface area contributed by atoms with E-state index in [9.17, 15) is 31.7 Å². The molecule has 0 aliphatic heterocycles. The summed E-state index contributed by atoms with van der Waals surface area (Å²) in [5.74, 6) is 0. The van der Waals surface area contributed by atoms with Gasteiger partial charge in [-0.1, -0.05) is 42.5 Å². The Labute approximate surface area is 163 Å². The van der Waals surface area contributed by atoms with Crippen molar-refractivity contribution in [2.75, 3.05) is 4.72 Å². The van der Waals surface area contributed by atoms with Gasteiger partial charge in [0.1, 0.15) is 5.69 Å². The summed E-state index contributed by atoms with van der Waals surface area (Å²) in [6.07, 6.45) is -4.73. The third-order valence-electron chi connectivity index (χ3n) is 4.02. The molecule has 1 N–H and O–H groups in total. The van der Waals surface area contributed by atoms with E-state index in [1.54, 1.807) is 30.3 Å². The molecular weight excluding hydrogens is 409 g/mol. The van der Waals surface area contributed by atoms with Crippen molar-refractivity contribution in [2.24, 2.45) is 0 Å². The molecule has 6 nitrogen and oxygen atoms in total. The SMILES string of the molecule is O=[N+]([O-])c1cc(-c2ccccc2)ccc1NS(=O)(=O)c1cccc(C(F)(F)F)c1. The third kappa shape index (κ3) is 4.54. The van der Waals surface area contributed by atoms with Crippen molar-refractivity contribution >= 4 is 21.4 Å². The van der Waals surface area contributed by atoms with Crippen LogP contribution >= 0.6 is 0 Å². The van der Waals surface area contributed by atoms with Crippen LogP contribution in [0.3, 0.4) is 0 Å². The van der Waals surface area contributed by atoms with E-state index in [2.05, 4.69) is 0 Å². The number of benzene rings is 3. The van der Waals surface area contributed by atoms with Crippen LogP contribution in [0, 0.1) is 10.1 Å². The van der Waals surface area contributed by atoms with Gasteiger partial charge in [-0.2, -0.15) is 13.2 Å². The number of sulfonamides is 1. The summed E-state index contributed by atoms with van der Waals surface area (Å²) in [6, 6.07) is 15.7. The molecule has 3 rings (SSSR count). The first-order chi connectivity index (χ1) is 13.6. The zero-order valence-electron chi connectivity index (χ0n) is 14.6. The second-order valence-corrected chi connectivity index (χ2v) is 7.67. The van der Waals surface area contributed by atoms with Gasteiger partial charge in [0.15, 0.2) is 0 Å². The summed E-state index contributed by atoms with van der Waals surface area (Å²) in [5, 5.41) is 11.4. The first-order valence-electron chi connectivity index (χ1n) is 8.12. The number of hydrogen-bond donors (Lipinski definition) is 1. The lowest BCUT2D eigenvalue weighted by Crippen LogP contribution is -2.15. The van der Waals surface area contributed by atoms with Crippen LogP contribution in [-0.4, -0.2) is 13.3 Å². The highest BCUT2D eigenvalue weighted by atomic mass is 32.2. The first-order valence-corrected chi connectivity index (χ1v) is 9.60. The van der Waals surface area contributed by atoms with Gasteiger partial charge in [-0.3, -0.25) is 14.8 Å². The fraction of sp³-hybridized carbons (Fsp3) is 0.0526. The van der Waals surface area contributed by atoms with E-state index in [1.165, 1.54) is 18.2 Å². The van der Waals surface area contributed by atoms with Gasteiger partial charge in [-0.25, -0.2) is 8.42 Å². The molecule has 0 aromatic heterocycles. The molecular formula is C19H13F3N2O4S. The molecule has 0 amide bonds. The van der Waals surface area contributed by atoms with Crippen molar-refractivity contribution in [2.45, 2.75) is 11.1 Å². The van der Waals surface area contributed by atoms with E-state index in [4.69, 9.17) is 0 Å². The number of nitrogens with one attached hydrogen (secondary N) is 1. The third-order valence-corrected chi connectivity index (χ3v) is 5.38. The minimum Gasteiger partial charge on any atom is -0.273 e. The van der Waals surface area contributed by atoms with Crippen LogP contribution in [0.15, 0.2) is 77.7 Å². The van der Waals surface area contributed by atoms with Crippen LogP contribution in [0.2, 0.25) is 0 Å². The summed E-state index contributed by atoms with van der Waals surface area (Å²) in [5.41, 5.74) is -0.856. The van der Waals surface area contributed by atoms with Crippen LogP contribution in [0.4, 0.5) is 24.5 Å². The number of hydrogen-bond acceptors (Lipinski definition) is 4. The number of rotatable bonds is 5. The van der Waals surface area contributed by atoms with Crippen LogP contribution < -0.4 is 4.72 Å². The minimum atomic E-state index is -4.73. The van der Waals surface area contributed by atoms with Crippen LogP contribution in [-0.2, 0) is 16.2 Å². The zero-order chi connectivity index (χ0) is 21.2. The van der Waals surface area contributed by atoms with E-state index in [1.807, 2.05) is 4.72 Å². The Kier molecular flexibility index (Phi) is 5.29. The van der Waals surface area contributed by atoms with Crippen molar-refractivity contribution in [1.29, 1.82) is 0 Å². The lowest BCUT2D eigenvalue weighted by atomic mass is 10.0. The zero-order valence-corrected chi connectivity index (χ0v) is 15.4. The van der Waals surface area contributed by atoms with Gasteiger partial charge in [-0.05, 0) is 35.4 Å². The monoisotopic (exact) mass is 422 g/mol. The molecule has 0 aliphatic rings. The molecule has 0 saturated heterocycles. The molecule has 0 spiro atoms. The van der Waals surface area contributed by atoms with Crippen LogP contribution in [0.25, 0.3) is 11.1 Å². The predicted octanol–water partition coefficient (Wildman–Crippen LogP) is 5.08. The molecule has 29 heavy (non-hydrogen) atoms. The van der Waals surface area contributed by atoms with Crippen LogP contribution in [0.5, 0.6) is 0 Å². The number of alkyl halides is 3. The van der Waals surface area contributed by atoms with Crippen molar-refractivity contribution in [3.8, 4) is 11.1 Å². The van der Waals surface area contributed by atoms with E-state index in [0.717, 1.165) is 18.2 Å². The van der Waals surface area contributed by atoms with Crippen LogP contribution in [0.1, 0.15) is 5.56 Å². The fourth-order valence-electron chi connectivity index (χ4n) is 2.62. The number of anilines is 1. The number of nitro benzene ring substituents is 1. The van der Waals surface area contributed by atoms with E-state index < -0.39 is 37.3 Å². The highest BCUT2D eigenvalue weighted by Crippen LogP contribution is 2.34. The van der Waals surface area contributed by atoms with Crippen molar-refractivity contribution in [3.05, 3.63) is 88.5 Å². The summed E-state index contributed by atoms with van der Waals surface area (Å²) in [4.78, 5) is 10.0. The standard InChI is InChI=1S/C19H13F3N2O4S/c20-19(21,22)15-7-4-8-16(12-15)29(27,28)23-17-10-9-14(11-18(17)24(25)26)13-5-2-1-3-6-13/h1-12,23H. The topological polar surface area (TPSA) is 89.3 Å². The Hall–Kier alpha value is -3.40. The molecule has 150 valence electrons. The second-order valence-electron chi connectivity index (χ2n) is 5.99. The van der Waals surface area contributed by atoms with Crippen molar-refractivity contribution in [1.82, 2.24) is 0 Å². The van der Waals surface area contributed by atoms with Crippen molar-refractivity contribution < 1.29 is 26.5 Å². The largest absolute Gasteiger partial charge is 0.416 e. The summed E-state index contributed by atoms with van der Waals surface area (Å²) >= 11 is 0. The van der Waals surface area contributed by atoms with Gasteiger partial charge in [0, 0.05) is 6.07 Å². The molecule has 0 atom stereocenters. The van der Waals surface area contributed by atoms with Gasteiger partial charge in [0.2, 0.25) is 0 Å². The number of nitrogens with zero attached hydrogens (tertiary/aromatic N) is 1. The molecule has 0 radical (unpaired) electrons. The molecule has 0 saturated carbocycles. The maximum atomic E-state index is 12.9. The second kappa shape index (κ2) is 7.55. The Morgan fingerprint density at radius 1 is 0.862 bits per heavy atom. The Bertz CT molecular complexity index is 1160. The van der Waals surface area contributed by atoms with Gasteiger partial charge in [0.25, 0.3) is 15.7 Å². The molecule has 3 aromatic carbocycles. The van der Waals surface area contributed by atoms with E-state index >= 15 is 0 Å². The Balaban J connectivity index is 2.00. The van der Waals surface area contributed by atoms with E-state index in [0.29, 0.717) is 17.2 Å². The molecule has 0 unspecified atom stereocenters. The fourth-order valence-corrected chi connectivity index (χ4v) is 3.74. The maximum absolute atomic E-state index is 12.9.